The molecule has 14 heavy (non-hydrogen) atoms. The molecule has 76 valence electrons. The predicted molar refractivity (Wildman–Crippen MR) is 51.7 cm³/mol. The summed E-state index contributed by atoms with van der Waals surface area (Å²) in [5.74, 6) is -0.609. The van der Waals surface area contributed by atoms with Crippen LogP contribution in [-0.4, -0.2) is 23.8 Å². The Morgan fingerprint density at radius 3 is 2.71 bits per heavy atom. The highest BCUT2D eigenvalue weighted by molar-refractivity contribution is 6.04. The van der Waals surface area contributed by atoms with E-state index in [4.69, 9.17) is 9.47 Å². The van der Waals surface area contributed by atoms with Crippen molar-refractivity contribution in [3.05, 3.63) is 23.8 Å². The zero-order chi connectivity index (χ0) is 10.3. The van der Waals surface area contributed by atoms with Gasteiger partial charge >= 0.3 is 0 Å². The Kier molecular flexibility index (Phi) is 2.09. The van der Waals surface area contributed by atoms with Crippen LogP contribution in [0.25, 0.3) is 0 Å². The van der Waals surface area contributed by atoms with E-state index in [1.165, 1.54) is 0 Å². The molecule has 0 unspecified atom stereocenters. The van der Waals surface area contributed by atoms with E-state index in [1.807, 2.05) is 32.9 Å². The van der Waals surface area contributed by atoms with E-state index in [0.29, 0.717) is 5.57 Å². The summed E-state index contributed by atoms with van der Waals surface area (Å²) in [5.41, 5.74) is 0.693. The van der Waals surface area contributed by atoms with Crippen LogP contribution in [0.3, 0.4) is 0 Å². The van der Waals surface area contributed by atoms with Crippen molar-refractivity contribution in [2.24, 2.45) is 0 Å². The minimum atomic E-state index is -0.636. The molecule has 1 aliphatic carbocycles. The summed E-state index contributed by atoms with van der Waals surface area (Å²) in [6.07, 6.45) is 4.83. The largest absolute Gasteiger partial charge is 0.340 e. The topological polar surface area (TPSA) is 35.5 Å². The first-order valence-electron chi connectivity index (χ1n) is 4.78. The van der Waals surface area contributed by atoms with Crippen LogP contribution >= 0.6 is 0 Å². The molecule has 1 heterocycles. The molecule has 2 aliphatic rings. The number of hydrogen-bond donors (Lipinski definition) is 0. The maximum absolute atomic E-state index is 11.7. The summed E-state index contributed by atoms with van der Waals surface area (Å²) in [6, 6.07) is 0. The molecule has 2 rings (SSSR count). The number of Topliss-reactive ketones (excluding diaryl/α,β-unsaturated/α-hetero) is 1. The van der Waals surface area contributed by atoms with Gasteiger partial charge in [-0.1, -0.05) is 12.2 Å². The number of hydrogen-bond acceptors (Lipinski definition) is 3. The van der Waals surface area contributed by atoms with Gasteiger partial charge in [0.1, 0.15) is 6.10 Å². The lowest BCUT2D eigenvalue weighted by Crippen LogP contribution is -2.26. The zero-order valence-corrected chi connectivity index (χ0v) is 8.61. The fourth-order valence-corrected chi connectivity index (χ4v) is 1.85. The van der Waals surface area contributed by atoms with E-state index in [-0.39, 0.29) is 11.9 Å². The van der Waals surface area contributed by atoms with E-state index < -0.39 is 11.9 Å². The molecule has 1 fully saturated rings. The molecular formula is C11H14O3. The Bertz CT molecular complexity index is 325. The Morgan fingerprint density at radius 1 is 1.43 bits per heavy atom. The third kappa shape index (κ3) is 1.42. The Hall–Kier alpha value is -0.930. The molecule has 0 saturated carbocycles. The van der Waals surface area contributed by atoms with Crippen molar-refractivity contribution in [2.45, 2.75) is 38.8 Å². The number of ether oxygens (including phenoxy) is 2. The summed E-state index contributed by atoms with van der Waals surface area (Å²) in [6.45, 7) is 5.53. The van der Waals surface area contributed by atoms with Crippen molar-refractivity contribution in [1.29, 1.82) is 0 Å². The van der Waals surface area contributed by atoms with E-state index in [9.17, 15) is 4.79 Å². The summed E-state index contributed by atoms with van der Waals surface area (Å²) < 4.78 is 11.1. The van der Waals surface area contributed by atoms with Gasteiger partial charge in [0.2, 0.25) is 0 Å². The minimum absolute atomic E-state index is 0.0266. The SMILES string of the molecule is C/C=C/C1=C[C@@H]2OC(C)(C)O[C@@H]2C1=O. The molecule has 0 aromatic heterocycles. The molecule has 2 atom stereocenters. The lowest BCUT2D eigenvalue weighted by molar-refractivity contribution is -0.152. The molecule has 0 N–H and O–H groups in total. The van der Waals surface area contributed by atoms with Gasteiger partial charge in [-0.3, -0.25) is 4.79 Å². The van der Waals surface area contributed by atoms with E-state index >= 15 is 0 Å². The van der Waals surface area contributed by atoms with Gasteiger partial charge < -0.3 is 9.47 Å². The Balaban J connectivity index is 2.22. The van der Waals surface area contributed by atoms with Crippen molar-refractivity contribution in [2.75, 3.05) is 0 Å². The van der Waals surface area contributed by atoms with Gasteiger partial charge in [0, 0.05) is 5.57 Å². The standard InChI is InChI=1S/C11H14O3/c1-4-5-7-6-8-10(9(7)12)14-11(2,3)13-8/h4-6,8,10H,1-3H3/b5-4+/t8-,10-/m0/s1. The smallest absolute Gasteiger partial charge is 0.194 e. The van der Waals surface area contributed by atoms with Gasteiger partial charge in [0.25, 0.3) is 0 Å². The maximum atomic E-state index is 11.7. The normalized spacial score (nSPS) is 35.1. The summed E-state index contributed by atoms with van der Waals surface area (Å²) in [4.78, 5) is 11.7. The van der Waals surface area contributed by atoms with E-state index in [0.717, 1.165) is 0 Å². The fourth-order valence-electron chi connectivity index (χ4n) is 1.85. The van der Waals surface area contributed by atoms with Crippen molar-refractivity contribution in [3.8, 4) is 0 Å². The number of carbonyl (C=O) groups is 1. The third-order valence-electron chi connectivity index (χ3n) is 2.36. The monoisotopic (exact) mass is 194 g/mol. The van der Waals surface area contributed by atoms with Gasteiger partial charge in [-0.15, -0.1) is 0 Å². The van der Waals surface area contributed by atoms with Crippen LogP contribution in [0, 0.1) is 0 Å². The number of allylic oxidation sites excluding steroid dienone is 2. The average Bonchev–Trinajstić information content (AvgIpc) is 2.50. The van der Waals surface area contributed by atoms with Crippen LogP contribution in [0.15, 0.2) is 23.8 Å². The third-order valence-corrected chi connectivity index (χ3v) is 2.36. The number of fused-ring (bicyclic) bond motifs is 1. The van der Waals surface area contributed by atoms with Crippen molar-refractivity contribution in [3.63, 3.8) is 0 Å². The molecule has 1 saturated heterocycles. The van der Waals surface area contributed by atoms with Gasteiger partial charge in [-0.25, -0.2) is 0 Å². The second-order valence-corrected chi connectivity index (χ2v) is 4.01. The zero-order valence-electron chi connectivity index (χ0n) is 8.61. The van der Waals surface area contributed by atoms with Gasteiger partial charge in [-0.05, 0) is 26.8 Å². The first-order chi connectivity index (χ1) is 6.53. The summed E-state index contributed by atoms with van der Waals surface area (Å²) >= 11 is 0. The fraction of sp³-hybridized carbons (Fsp3) is 0.545. The summed E-state index contributed by atoms with van der Waals surface area (Å²) in [7, 11) is 0. The molecule has 0 radical (unpaired) electrons. The van der Waals surface area contributed by atoms with Crippen LogP contribution in [0.4, 0.5) is 0 Å². The van der Waals surface area contributed by atoms with Gasteiger partial charge in [0.05, 0.1) is 0 Å². The molecule has 0 amide bonds. The number of ketones is 1. The lowest BCUT2D eigenvalue weighted by Gasteiger charge is -2.17. The van der Waals surface area contributed by atoms with Crippen molar-refractivity contribution >= 4 is 5.78 Å². The molecule has 0 aromatic carbocycles. The highest BCUT2D eigenvalue weighted by Gasteiger charge is 2.48. The van der Waals surface area contributed by atoms with Crippen LogP contribution in [0.2, 0.25) is 0 Å². The Labute approximate surface area is 83.4 Å². The summed E-state index contributed by atoms with van der Waals surface area (Å²) in [5, 5.41) is 0. The van der Waals surface area contributed by atoms with Crippen molar-refractivity contribution < 1.29 is 14.3 Å². The Morgan fingerprint density at radius 2 is 2.14 bits per heavy atom. The van der Waals surface area contributed by atoms with Gasteiger partial charge in [0.15, 0.2) is 17.7 Å². The predicted octanol–water partition coefficient (Wildman–Crippen LogP) is 1.59. The maximum Gasteiger partial charge on any atom is 0.194 e. The lowest BCUT2D eigenvalue weighted by atomic mass is 10.2. The van der Waals surface area contributed by atoms with Crippen LogP contribution in [-0.2, 0) is 14.3 Å². The molecule has 0 spiro atoms. The van der Waals surface area contributed by atoms with Crippen molar-refractivity contribution in [1.82, 2.24) is 0 Å². The molecule has 3 nitrogen and oxygen atoms in total. The first kappa shape index (κ1) is 9.62. The van der Waals surface area contributed by atoms with Crippen LogP contribution in [0.1, 0.15) is 20.8 Å². The molecular weight excluding hydrogens is 180 g/mol. The van der Waals surface area contributed by atoms with E-state index in [1.54, 1.807) is 6.08 Å². The first-order valence-corrected chi connectivity index (χ1v) is 4.78. The second kappa shape index (κ2) is 3.04. The molecule has 0 bridgehead atoms. The minimum Gasteiger partial charge on any atom is -0.340 e. The molecule has 1 aliphatic heterocycles. The number of rotatable bonds is 1. The van der Waals surface area contributed by atoms with Gasteiger partial charge in [-0.2, -0.15) is 0 Å². The molecule has 3 heteroatoms. The number of carbonyl (C=O) groups excluding carboxylic acids is 1. The average molecular weight is 194 g/mol. The highest BCUT2D eigenvalue weighted by Crippen LogP contribution is 2.35. The van der Waals surface area contributed by atoms with Crippen LogP contribution < -0.4 is 0 Å². The molecule has 0 aromatic rings. The highest BCUT2D eigenvalue weighted by atomic mass is 16.8. The second-order valence-electron chi connectivity index (χ2n) is 4.01. The van der Waals surface area contributed by atoms with E-state index in [2.05, 4.69) is 0 Å². The quantitative estimate of drug-likeness (QED) is 0.636. The van der Waals surface area contributed by atoms with Crippen LogP contribution in [0.5, 0.6) is 0 Å².